The fourth-order valence-electron chi connectivity index (χ4n) is 4.22. The highest BCUT2D eigenvalue weighted by atomic mass is 16.6. The number of nitrogens with zero attached hydrogens (tertiary/aromatic N) is 1. The molecular weight excluding hydrogens is 166 g/mol. The molecule has 0 amide bonds. The molecule has 3 heteroatoms. The van der Waals surface area contributed by atoms with Crippen molar-refractivity contribution in [3.8, 4) is 0 Å². The van der Waals surface area contributed by atoms with Crippen molar-refractivity contribution in [2.75, 3.05) is 6.54 Å². The van der Waals surface area contributed by atoms with E-state index in [0.29, 0.717) is 5.92 Å². The summed E-state index contributed by atoms with van der Waals surface area (Å²) in [4.78, 5) is 10.4. The van der Waals surface area contributed by atoms with Gasteiger partial charge >= 0.3 is 0 Å². The summed E-state index contributed by atoms with van der Waals surface area (Å²) in [6.45, 7) is 0.249. The van der Waals surface area contributed by atoms with Gasteiger partial charge in [-0.1, -0.05) is 6.42 Å². The Bertz CT molecular complexity index is 247. The van der Waals surface area contributed by atoms with E-state index in [1.165, 1.54) is 25.7 Å². The maximum Gasteiger partial charge on any atom is 0.207 e. The molecule has 3 fully saturated rings. The molecule has 0 radical (unpaired) electrons. The van der Waals surface area contributed by atoms with E-state index in [9.17, 15) is 10.1 Å². The van der Waals surface area contributed by atoms with Crippen LogP contribution in [-0.2, 0) is 0 Å². The number of hydrogen-bond donors (Lipinski definition) is 0. The molecule has 0 saturated heterocycles. The Morgan fingerprint density at radius 3 is 2.69 bits per heavy atom. The summed E-state index contributed by atoms with van der Waals surface area (Å²) in [5.41, 5.74) is 0. The van der Waals surface area contributed by atoms with E-state index in [1.807, 2.05) is 0 Å². The van der Waals surface area contributed by atoms with Crippen molar-refractivity contribution < 1.29 is 4.92 Å². The number of hydrogen-bond acceptors (Lipinski definition) is 2. The van der Waals surface area contributed by atoms with Gasteiger partial charge in [-0.25, -0.2) is 0 Å². The third kappa shape index (κ3) is 0.960. The minimum Gasteiger partial charge on any atom is -0.265 e. The molecule has 0 aliphatic heterocycles. The maximum atomic E-state index is 10.5. The van der Waals surface area contributed by atoms with Gasteiger partial charge in [0.15, 0.2) is 0 Å². The highest BCUT2D eigenvalue weighted by molar-refractivity contribution is 5.05. The number of rotatable bonds is 2. The van der Waals surface area contributed by atoms with Crippen LogP contribution in [0.25, 0.3) is 0 Å². The second kappa shape index (κ2) is 2.46. The number of fused-ring (bicyclic) bond motifs is 1. The average molecular weight is 181 g/mol. The second-order valence-corrected chi connectivity index (χ2v) is 5.09. The fourth-order valence-corrected chi connectivity index (χ4v) is 4.22. The smallest absolute Gasteiger partial charge is 0.207 e. The van der Waals surface area contributed by atoms with Gasteiger partial charge in [-0.3, -0.25) is 10.1 Å². The molecule has 2 bridgehead atoms. The lowest BCUT2D eigenvalue weighted by molar-refractivity contribution is -0.497. The maximum absolute atomic E-state index is 10.5. The summed E-state index contributed by atoms with van der Waals surface area (Å²) in [7, 11) is 0. The van der Waals surface area contributed by atoms with Crippen molar-refractivity contribution in [2.45, 2.75) is 25.7 Å². The van der Waals surface area contributed by atoms with Crippen LogP contribution in [0.3, 0.4) is 0 Å². The monoisotopic (exact) mass is 181 g/mol. The zero-order chi connectivity index (χ0) is 9.00. The van der Waals surface area contributed by atoms with Crippen LogP contribution in [0, 0.1) is 39.7 Å². The molecule has 5 atom stereocenters. The van der Waals surface area contributed by atoms with Crippen molar-refractivity contribution in [3.05, 3.63) is 10.1 Å². The standard InChI is InChI=1S/C10H15NO2/c12-11(13)5-10-7-2-1-6-3-8(7)9(10)4-6/h6-10H,1-5H2. The zero-order valence-corrected chi connectivity index (χ0v) is 7.69. The summed E-state index contributed by atoms with van der Waals surface area (Å²) >= 11 is 0. The summed E-state index contributed by atoms with van der Waals surface area (Å²) in [5, 5.41) is 10.5. The van der Waals surface area contributed by atoms with Gasteiger partial charge in [-0.15, -0.1) is 0 Å². The summed E-state index contributed by atoms with van der Waals surface area (Å²) in [6, 6.07) is 0. The Morgan fingerprint density at radius 2 is 1.92 bits per heavy atom. The number of nitro groups is 1. The van der Waals surface area contributed by atoms with Crippen molar-refractivity contribution in [3.63, 3.8) is 0 Å². The SMILES string of the molecule is O=[N+]([O-])CC1C2CCC3CC2C1C3. The quantitative estimate of drug-likeness (QED) is 0.482. The lowest BCUT2D eigenvalue weighted by Crippen LogP contribution is -2.47. The lowest BCUT2D eigenvalue weighted by Gasteiger charge is -2.47. The Hall–Kier alpha value is -0.600. The first-order chi connectivity index (χ1) is 6.25. The first-order valence-electron chi connectivity index (χ1n) is 5.37. The van der Waals surface area contributed by atoms with E-state index < -0.39 is 0 Å². The lowest BCUT2D eigenvalue weighted by atomic mass is 9.56. The summed E-state index contributed by atoms with van der Waals surface area (Å²) in [5.74, 6) is 3.75. The first kappa shape index (κ1) is 7.77. The van der Waals surface area contributed by atoms with Crippen molar-refractivity contribution in [1.82, 2.24) is 0 Å². The average Bonchev–Trinajstić information content (AvgIpc) is 2.26. The van der Waals surface area contributed by atoms with Crippen LogP contribution in [0.4, 0.5) is 0 Å². The molecule has 0 heterocycles. The first-order valence-corrected chi connectivity index (χ1v) is 5.37. The van der Waals surface area contributed by atoms with Gasteiger partial charge in [-0.2, -0.15) is 0 Å². The molecule has 3 aliphatic carbocycles. The van der Waals surface area contributed by atoms with Crippen molar-refractivity contribution >= 4 is 0 Å². The molecule has 3 rings (SSSR count). The zero-order valence-electron chi connectivity index (χ0n) is 7.69. The predicted octanol–water partition coefficient (Wildman–Crippen LogP) is 1.95. The highest BCUT2D eigenvalue weighted by Crippen LogP contribution is 2.63. The molecule has 5 unspecified atom stereocenters. The minimum atomic E-state index is -0.105. The Kier molecular flexibility index (Phi) is 1.47. The van der Waals surface area contributed by atoms with Crippen LogP contribution in [0.2, 0.25) is 0 Å². The molecule has 3 aliphatic rings. The predicted molar refractivity (Wildman–Crippen MR) is 47.8 cm³/mol. The second-order valence-electron chi connectivity index (χ2n) is 5.09. The van der Waals surface area contributed by atoms with Gasteiger partial charge in [-0.05, 0) is 42.9 Å². The van der Waals surface area contributed by atoms with Crippen molar-refractivity contribution in [2.24, 2.45) is 29.6 Å². The minimum absolute atomic E-state index is 0.105. The van der Waals surface area contributed by atoms with Gasteiger partial charge in [0.05, 0.1) is 0 Å². The molecule has 3 nitrogen and oxygen atoms in total. The normalized spacial score (nSPS) is 51.5. The summed E-state index contributed by atoms with van der Waals surface area (Å²) in [6.07, 6.45) is 5.33. The van der Waals surface area contributed by atoms with Crippen LogP contribution in [0.15, 0.2) is 0 Å². The molecule has 0 aromatic rings. The van der Waals surface area contributed by atoms with Crippen LogP contribution >= 0.6 is 0 Å². The topological polar surface area (TPSA) is 43.1 Å². The van der Waals surface area contributed by atoms with Crippen LogP contribution in [0.1, 0.15) is 25.7 Å². The highest BCUT2D eigenvalue weighted by Gasteiger charge is 2.58. The Morgan fingerprint density at radius 1 is 1.15 bits per heavy atom. The van der Waals surface area contributed by atoms with E-state index in [1.54, 1.807) is 0 Å². The third-order valence-electron chi connectivity index (χ3n) is 4.68. The van der Waals surface area contributed by atoms with Gasteiger partial charge in [0.25, 0.3) is 0 Å². The van der Waals surface area contributed by atoms with Crippen LogP contribution in [-0.4, -0.2) is 11.5 Å². The molecule has 0 aromatic carbocycles. The van der Waals surface area contributed by atoms with E-state index >= 15 is 0 Å². The van der Waals surface area contributed by atoms with E-state index in [-0.39, 0.29) is 11.5 Å². The molecule has 72 valence electrons. The van der Waals surface area contributed by atoms with Gasteiger partial charge in [0, 0.05) is 10.8 Å². The summed E-state index contributed by atoms with van der Waals surface area (Å²) < 4.78 is 0. The molecule has 3 saturated carbocycles. The molecular formula is C10H15NO2. The fraction of sp³-hybridized carbons (Fsp3) is 1.00. The van der Waals surface area contributed by atoms with Crippen LogP contribution < -0.4 is 0 Å². The van der Waals surface area contributed by atoms with E-state index in [2.05, 4.69) is 0 Å². The molecule has 13 heavy (non-hydrogen) atoms. The van der Waals surface area contributed by atoms with Gasteiger partial charge < -0.3 is 0 Å². The third-order valence-corrected chi connectivity index (χ3v) is 4.68. The van der Waals surface area contributed by atoms with Crippen LogP contribution in [0.5, 0.6) is 0 Å². The van der Waals surface area contributed by atoms with Gasteiger partial charge in [0.2, 0.25) is 6.54 Å². The largest absolute Gasteiger partial charge is 0.265 e. The molecule has 0 aromatic heterocycles. The van der Waals surface area contributed by atoms with Gasteiger partial charge in [0.1, 0.15) is 0 Å². The molecule has 0 N–H and O–H groups in total. The van der Waals surface area contributed by atoms with Crippen molar-refractivity contribution in [1.29, 1.82) is 0 Å². The Labute approximate surface area is 77.7 Å². The van der Waals surface area contributed by atoms with E-state index in [4.69, 9.17) is 0 Å². The van der Waals surface area contributed by atoms with E-state index in [0.717, 1.165) is 23.7 Å². The molecule has 0 spiro atoms. The Balaban J connectivity index is 1.75.